The van der Waals surface area contributed by atoms with Crippen molar-refractivity contribution in [2.45, 2.75) is 64.6 Å². The third kappa shape index (κ3) is 2.58. The van der Waals surface area contributed by atoms with Gasteiger partial charge in [-0.3, -0.25) is 9.69 Å². The van der Waals surface area contributed by atoms with Crippen molar-refractivity contribution in [2.75, 3.05) is 13.1 Å². The zero-order chi connectivity index (χ0) is 17.6. The number of piperidine rings is 1. The Morgan fingerprint density at radius 3 is 2.60 bits per heavy atom. The predicted octanol–water partition coefficient (Wildman–Crippen LogP) is 4.11. The lowest BCUT2D eigenvalue weighted by Gasteiger charge is -2.46. The van der Waals surface area contributed by atoms with E-state index < -0.39 is 0 Å². The molecule has 1 aromatic carbocycles. The molecule has 0 N–H and O–H groups in total. The fourth-order valence-corrected chi connectivity index (χ4v) is 4.75. The van der Waals surface area contributed by atoms with E-state index in [9.17, 15) is 4.79 Å². The Balaban J connectivity index is 1.65. The van der Waals surface area contributed by atoms with Gasteiger partial charge in [0.25, 0.3) is 0 Å². The van der Waals surface area contributed by atoms with E-state index >= 15 is 0 Å². The minimum Gasteiger partial charge on any atom is -0.459 e. The van der Waals surface area contributed by atoms with Crippen LogP contribution in [0.25, 0.3) is 11.0 Å². The van der Waals surface area contributed by atoms with Gasteiger partial charge < -0.3 is 9.32 Å². The second-order valence-electron chi connectivity index (χ2n) is 7.90. The molecule has 4 heteroatoms. The molecule has 0 aliphatic carbocycles. The van der Waals surface area contributed by atoms with Crippen LogP contribution in [0.2, 0.25) is 0 Å². The van der Waals surface area contributed by atoms with Gasteiger partial charge in [-0.1, -0.05) is 18.2 Å². The van der Waals surface area contributed by atoms with Crippen molar-refractivity contribution >= 4 is 16.9 Å². The van der Waals surface area contributed by atoms with Gasteiger partial charge in [-0.15, -0.1) is 0 Å². The third-order valence-electron chi connectivity index (χ3n) is 6.17. The maximum absolute atomic E-state index is 13.3. The van der Waals surface area contributed by atoms with Crippen LogP contribution >= 0.6 is 0 Å². The summed E-state index contributed by atoms with van der Waals surface area (Å²) in [6.07, 6.45) is 4.15. The van der Waals surface area contributed by atoms with Gasteiger partial charge >= 0.3 is 0 Å². The summed E-state index contributed by atoms with van der Waals surface area (Å²) in [7, 11) is 0. The summed E-state index contributed by atoms with van der Waals surface area (Å²) < 4.78 is 6.14. The van der Waals surface area contributed by atoms with Gasteiger partial charge in [-0.25, -0.2) is 0 Å². The van der Waals surface area contributed by atoms with Gasteiger partial charge in [0.2, 0.25) is 5.91 Å². The van der Waals surface area contributed by atoms with Crippen molar-refractivity contribution in [1.82, 2.24) is 9.80 Å². The Morgan fingerprint density at radius 1 is 1.16 bits per heavy atom. The van der Waals surface area contributed by atoms with Crippen LogP contribution in [-0.2, 0) is 11.3 Å². The molecule has 1 amide bonds. The minimum atomic E-state index is -0.312. The molecule has 0 bridgehead atoms. The lowest BCUT2D eigenvalue weighted by Crippen LogP contribution is -2.61. The van der Waals surface area contributed by atoms with Crippen LogP contribution in [0, 0.1) is 6.92 Å². The number of amides is 1. The van der Waals surface area contributed by atoms with Gasteiger partial charge in [-0.05, 0) is 64.6 Å². The van der Waals surface area contributed by atoms with Gasteiger partial charge in [0.1, 0.15) is 16.9 Å². The van der Waals surface area contributed by atoms with E-state index in [0.29, 0.717) is 5.91 Å². The number of furan rings is 1. The monoisotopic (exact) mass is 340 g/mol. The number of benzene rings is 1. The van der Waals surface area contributed by atoms with E-state index in [1.807, 2.05) is 12.1 Å². The predicted molar refractivity (Wildman–Crippen MR) is 99.4 cm³/mol. The molecule has 2 saturated heterocycles. The zero-order valence-corrected chi connectivity index (χ0v) is 15.5. The van der Waals surface area contributed by atoms with E-state index in [4.69, 9.17) is 4.42 Å². The molecule has 2 aliphatic rings. The maximum Gasteiger partial charge on any atom is 0.243 e. The van der Waals surface area contributed by atoms with E-state index in [2.05, 4.69) is 42.7 Å². The minimum absolute atomic E-state index is 0.278. The molecule has 1 unspecified atom stereocenters. The molecule has 0 saturated carbocycles. The molecule has 2 aliphatic heterocycles. The standard InChI is InChI=1S/C21H28N2O2/c1-15(2)23-13-7-11-21(20(23)24)10-6-12-22(21)14-19-16(3)17-8-4-5-9-18(17)25-19/h4-5,8-9,15H,6-7,10-14H2,1-3H3. The van der Waals surface area contributed by atoms with Crippen molar-refractivity contribution in [3.63, 3.8) is 0 Å². The normalized spacial score (nSPS) is 25.0. The van der Waals surface area contributed by atoms with Crippen LogP contribution in [0.3, 0.4) is 0 Å². The first-order chi connectivity index (χ1) is 12.0. The second kappa shape index (κ2) is 6.17. The number of likely N-dealkylation sites (tertiary alicyclic amines) is 2. The fourth-order valence-electron chi connectivity index (χ4n) is 4.75. The molecule has 4 rings (SSSR count). The van der Waals surface area contributed by atoms with Crippen molar-refractivity contribution in [3.05, 3.63) is 35.6 Å². The van der Waals surface area contributed by atoms with E-state index in [-0.39, 0.29) is 11.6 Å². The van der Waals surface area contributed by atoms with Crippen LogP contribution < -0.4 is 0 Å². The van der Waals surface area contributed by atoms with Crippen LogP contribution in [0.5, 0.6) is 0 Å². The number of fused-ring (bicyclic) bond motifs is 1. The first-order valence-corrected chi connectivity index (χ1v) is 9.56. The molecule has 0 radical (unpaired) electrons. The Bertz CT molecular complexity index is 794. The van der Waals surface area contributed by atoms with Crippen LogP contribution in [0.4, 0.5) is 0 Å². The number of carbonyl (C=O) groups excluding carboxylic acids is 1. The van der Waals surface area contributed by atoms with E-state index in [0.717, 1.165) is 56.7 Å². The first-order valence-electron chi connectivity index (χ1n) is 9.56. The number of hydrogen-bond donors (Lipinski definition) is 0. The SMILES string of the molecule is Cc1c(CN2CCCC23CCCN(C(C)C)C3=O)oc2ccccc12. The number of nitrogens with zero attached hydrogens (tertiary/aromatic N) is 2. The van der Waals surface area contributed by atoms with Crippen molar-refractivity contribution in [1.29, 1.82) is 0 Å². The molecule has 2 aromatic rings. The van der Waals surface area contributed by atoms with Crippen molar-refractivity contribution < 1.29 is 9.21 Å². The summed E-state index contributed by atoms with van der Waals surface area (Å²) in [5.41, 5.74) is 1.84. The molecule has 1 spiro atoms. The highest BCUT2D eigenvalue weighted by Crippen LogP contribution is 2.40. The lowest BCUT2D eigenvalue weighted by atomic mass is 9.84. The molecular formula is C21H28N2O2. The molecular weight excluding hydrogens is 312 g/mol. The van der Waals surface area contributed by atoms with Gasteiger partial charge in [-0.2, -0.15) is 0 Å². The van der Waals surface area contributed by atoms with Gasteiger partial charge in [0.05, 0.1) is 6.54 Å². The highest BCUT2D eigenvalue weighted by Gasteiger charge is 2.51. The average molecular weight is 340 g/mol. The summed E-state index contributed by atoms with van der Waals surface area (Å²) in [4.78, 5) is 17.8. The summed E-state index contributed by atoms with van der Waals surface area (Å²) in [6, 6.07) is 8.48. The Morgan fingerprint density at radius 2 is 1.88 bits per heavy atom. The van der Waals surface area contributed by atoms with Crippen molar-refractivity contribution in [2.24, 2.45) is 0 Å². The Hall–Kier alpha value is -1.81. The van der Waals surface area contributed by atoms with Crippen LogP contribution in [-0.4, -0.2) is 40.4 Å². The molecule has 3 heterocycles. The Labute approximate surface area is 149 Å². The summed E-state index contributed by atoms with van der Waals surface area (Å²) in [6.45, 7) is 8.99. The average Bonchev–Trinajstić information content (AvgIpc) is 3.13. The van der Waals surface area contributed by atoms with Crippen LogP contribution in [0.15, 0.2) is 28.7 Å². The highest BCUT2D eigenvalue weighted by atomic mass is 16.3. The lowest BCUT2D eigenvalue weighted by molar-refractivity contribution is -0.150. The summed E-state index contributed by atoms with van der Waals surface area (Å²) in [5, 5.41) is 1.18. The molecule has 25 heavy (non-hydrogen) atoms. The van der Waals surface area contributed by atoms with Gasteiger partial charge in [0.15, 0.2) is 0 Å². The third-order valence-corrected chi connectivity index (χ3v) is 6.17. The summed E-state index contributed by atoms with van der Waals surface area (Å²) in [5.74, 6) is 1.34. The van der Waals surface area contributed by atoms with Crippen molar-refractivity contribution in [3.8, 4) is 0 Å². The highest BCUT2D eigenvalue weighted by molar-refractivity contribution is 5.88. The topological polar surface area (TPSA) is 36.7 Å². The van der Waals surface area contributed by atoms with E-state index in [1.165, 1.54) is 10.9 Å². The first kappa shape index (κ1) is 16.6. The molecule has 1 atom stereocenters. The number of carbonyl (C=O) groups is 1. The molecule has 2 fully saturated rings. The largest absolute Gasteiger partial charge is 0.459 e. The number of rotatable bonds is 3. The smallest absolute Gasteiger partial charge is 0.243 e. The molecule has 1 aromatic heterocycles. The molecule has 4 nitrogen and oxygen atoms in total. The fraction of sp³-hybridized carbons (Fsp3) is 0.571. The maximum atomic E-state index is 13.3. The van der Waals surface area contributed by atoms with Crippen LogP contribution in [0.1, 0.15) is 50.9 Å². The number of para-hydroxylation sites is 1. The number of aryl methyl sites for hydroxylation is 1. The number of hydrogen-bond acceptors (Lipinski definition) is 3. The molecule has 134 valence electrons. The van der Waals surface area contributed by atoms with E-state index in [1.54, 1.807) is 0 Å². The zero-order valence-electron chi connectivity index (χ0n) is 15.5. The second-order valence-corrected chi connectivity index (χ2v) is 7.90. The summed E-state index contributed by atoms with van der Waals surface area (Å²) >= 11 is 0. The Kier molecular flexibility index (Phi) is 4.11. The quantitative estimate of drug-likeness (QED) is 0.844. The van der Waals surface area contributed by atoms with Gasteiger partial charge in [0, 0.05) is 18.0 Å².